The molecule has 0 bridgehead atoms. The summed E-state index contributed by atoms with van der Waals surface area (Å²) in [6, 6.07) is 2.48. The fourth-order valence-electron chi connectivity index (χ4n) is 2.44. The number of terminal acetylenes is 2. The number of aromatic nitrogens is 4. The normalized spacial score (nSPS) is 10.5. The fraction of sp³-hybridized carbons (Fsp3) is 0.438. The average Bonchev–Trinajstić information content (AvgIpc) is 2.88. The summed E-state index contributed by atoms with van der Waals surface area (Å²) < 4.78 is 3.73. The lowest BCUT2D eigenvalue weighted by Gasteiger charge is -2.05. The van der Waals surface area contributed by atoms with Crippen LogP contribution in [0.2, 0.25) is 0 Å². The highest BCUT2D eigenvalue weighted by molar-refractivity contribution is 5.72. The molecular weight excluding hydrogens is 280 g/mol. The van der Waals surface area contributed by atoms with Crippen molar-refractivity contribution in [3.05, 3.63) is 26.7 Å². The third-order valence-corrected chi connectivity index (χ3v) is 3.59. The van der Waals surface area contributed by atoms with Crippen LogP contribution in [0.15, 0.2) is 9.59 Å². The van der Waals surface area contributed by atoms with Crippen molar-refractivity contribution >= 4 is 11.2 Å². The molecule has 2 aromatic heterocycles. The Bertz CT molecular complexity index is 900. The maximum absolute atomic E-state index is 12.5. The molecule has 0 saturated heterocycles. The van der Waals surface area contributed by atoms with E-state index in [4.69, 9.17) is 12.8 Å². The molecule has 0 fully saturated rings. The number of nitrogens with zero attached hydrogens (tertiary/aromatic N) is 4. The van der Waals surface area contributed by atoms with Crippen molar-refractivity contribution in [1.82, 2.24) is 18.7 Å². The van der Waals surface area contributed by atoms with Crippen molar-refractivity contribution in [3.63, 3.8) is 0 Å². The average molecular weight is 298 g/mol. The molecule has 2 rings (SSSR count). The largest absolute Gasteiger partial charge is 0.333 e. The molecule has 0 aliphatic heterocycles. The van der Waals surface area contributed by atoms with Gasteiger partial charge in [-0.2, -0.15) is 0 Å². The first-order valence-corrected chi connectivity index (χ1v) is 7.18. The lowest BCUT2D eigenvalue weighted by molar-refractivity contribution is 0.675. The Morgan fingerprint density at radius 3 is 2.55 bits per heavy atom. The van der Waals surface area contributed by atoms with Gasteiger partial charge in [0.2, 0.25) is 0 Å². The van der Waals surface area contributed by atoms with E-state index in [0.29, 0.717) is 17.9 Å². The minimum absolute atomic E-state index is 0.0949. The van der Waals surface area contributed by atoms with E-state index >= 15 is 0 Å². The van der Waals surface area contributed by atoms with Gasteiger partial charge in [0.05, 0.1) is 6.54 Å². The standard InChI is InChI=1S/C16H18N4O2/c1-5-8-9-10-12-17-14-13(19(12)7-3)15(21)20(11-6-2)16(22)18(14)4/h2-3H,5,8-11H2,1,4H3. The van der Waals surface area contributed by atoms with E-state index in [0.717, 1.165) is 23.8 Å². The lowest BCUT2D eigenvalue weighted by atomic mass is 10.2. The molecule has 0 unspecified atom stereocenters. The first-order valence-electron chi connectivity index (χ1n) is 7.18. The number of rotatable bonds is 5. The molecule has 0 amide bonds. The van der Waals surface area contributed by atoms with E-state index in [1.54, 1.807) is 7.05 Å². The summed E-state index contributed by atoms with van der Waals surface area (Å²) >= 11 is 0. The maximum atomic E-state index is 12.5. The molecule has 0 N–H and O–H groups in total. The summed E-state index contributed by atoms with van der Waals surface area (Å²) in [7, 11) is 1.56. The Hall–Kier alpha value is -2.73. The predicted octanol–water partition coefficient (Wildman–Crippen LogP) is 0.701. The van der Waals surface area contributed by atoms with Gasteiger partial charge in [0, 0.05) is 19.5 Å². The lowest BCUT2D eigenvalue weighted by Crippen LogP contribution is -2.39. The van der Waals surface area contributed by atoms with Crippen molar-refractivity contribution < 1.29 is 0 Å². The summed E-state index contributed by atoms with van der Waals surface area (Å²) in [5.74, 6) is 2.93. The van der Waals surface area contributed by atoms with Gasteiger partial charge in [0.1, 0.15) is 5.82 Å². The molecule has 6 heteroatoms. The first kappa shape index (κ1) is 15.7. The van der Waals surface area contributed by atoms with Crippen LogP contribution in [0.4, 0.5) is 0 Å². The van der Waals surface area contributed by atoms with Crippen molar-refractivity contribution in [2.45, 2.75) is 39.2 Å². The maximum Gasteiger partial charge on any atom is 0.333 e. The molecule has 0 spiro atoms. The zero-order valence-corrected chi connectivity index (χ0v) is 12.8. The first-order chi connectivity index (χ1) is 10.6. The number of imidazole rings is 1. The molecule has 0 aliphatic carbocycles. The van der Waals surface area contributed by atoms with Crippen molar-refractivity contribution in [2.24, 2.45) is 7.05 Å². The van der Waals surface area contributed by atoms with Crippen LogP contribution in [0.5, 0.6) is 0 Å². The molecule has 2 heterocycles. The van der Waals surface area contributed by atoms with E-state index in [1.807, 2.05) is 0 Å². The minimum atomic E-state index is -0.497. The summed E-state index contributed by atoms with van der Waals surface area (Å²) in [5.41, 5.74) is -0.459. The highest BCUT2D eigenvalue weighted by Gasteiger charge is 2.18. The van der Waals surface area contributed by atoms with Gasteiger partial charge < -0.3 is 0 Å². The van der Waals surface area contributed by atoms with E-state index in [-0.39, 0.29) is 12.1 Å². The second-order valence-electron chi connectivity index (χ2n) is 5.06. The van der Waals surface area contributed by atoms with Gasteiger partial charge in [-0.25, -0.2) is 18.9 Å². The van der Waals surface area contributed by atoms with Crippen LogP contribution in [-0.4, -0.2) is 18.7 Å². The van der Waals surface area contributed by atoms with Crippen molar-refractivity contribution in [3.8, 4) is 24.8 Å². The van der Waals surface area contributed by atoms with E-state index in [2.05, 4.69) is 23.9 Å². The van der Waals surface area contributed by atoms with Crippen LogP contribution in [-0.2, 0) is 20.0 Å². The number of hydrogen-bond donors (Lipinski definition) is 0. The fourth-order valence-corrected chi connectivity index (χ4v) is 2.44. The highest BCUT2D eigenvalue weighted by Crippen LogP contribution is 2.12. The van der Waals surface area contributed by atoms with Crippen molar-refractivity contribution in [1.29, 1.82) is 0 Å². The van der Waals surface area contributed by atoms with Crippen LogP contribution < -0.4 is 11.2 Å². The van der Waals surface area contributed by atoms with Crippen molar-refractivity contribution in [2.75, 3.05) is 0 Å². The van der Waals surface area contributed by atoms with Crippen LogP contribution in [0.3, 0.4) is 0 Å². The molecule has 22 heavy (non-hydrogen) atoms. The zero-order valence-electron chi connectivity index (χ0n) is 12.8. The van der Waals surface area contributed by atoms with Gasteiger partial charge in [0.25, 0.3) is 5.56 Å². The summed E-state index contributed by atoms with van der Waals surface area (Å²) in [4.78, 5) is 29.1. The molecule has 2 aromatic rings. The summed E-state index contributed by atoms with van der Waals surface area (Å²) in [5, 5.41) is 0. The zero-order chi connectivity index (χ0) is 16.3. The summed E-state index contributed by atoms with van der Waals surface area (Å²) in [6.45, 7) is 2.01. The summed E-state index contributed by atoms with van der Waals surface area (Å²) in [6.07, 6.45) is 14.5. The van der Waals surface area contributed by atoms with E-state index < -0.39 is 11.2 Å². The Morgan fingerprint density at radius 2 is 1.95 bits per heavy atom. The minimum Gasteiger partial charge on any atom is -0.279 e. The monoisotopic (exact) mass is 298 g/mol. The van der Waals surface area contributed by atoms with Gasteiger partial charge in [0.15, 0.2) is 11.2 Å². The molecular formula is C16H18N4O2. The molecule has 0 saturated carbocycles. The molecule has 0 atom stereocenters. The van der Waals surface area contributed by atoms with E-state index in [1.165, 1.54) is 9.13 Å². The number of hydrogen-bond acceptors (Lipinski definition) is 3. The molecule has 114 valence electrons. The third kappa shape index (κ3) is 2.44. The predicted molar refractivity (Wildman–Crippen MR) is 85.5 cm³/mol. The Morgan fingerprint density at radius 1 is 1.23 bits per heavy atom. The van der Waals surface area contributed by atoms with Gasteiger partial charge in [-0.05, 0) is 6.42 Å². The highest BCUT2D eigenvalue weighted by atomic mass is 16.2. The third-order valence-electron chi connectivity index (χ3n) is 3.59. The van der Waals surface area contributed by atoms with Gasteiger partial charge in [-0.1, -0.05) is 32.1 Å². The second-order valence-corrected chi connectivity index (χ2v) is 5.06. The van der Waals surface area contributed by atoms with Crippen LogP contribution >= 0.6 is 0 Å². The molecule has 0 radical (unpaired) electrons. The van der Waals surface area contributed by atoms with Crippen LogP contribution in [0, 0.1) is 24.8 Å². The second kappa shape index (κ2) is 6.36. The van der Waals surface area contributed by atoms with Gasteiger partial charge >= 0.3 is 5.69 Å². The number of fused-ring (bicyclic) bond motifs is 1. The number of aryl methyl sites for hydroxylation is 2. The smallest absolute Gasteiger partial charge is 0.279 e. The Kier molecular flexibility index (Phi) is 4.53. The number of unbranched alkanes of at least 4 members (excludes halogenated alkanes) is 2. The quantitative estimate of drug-likeness (QED) is 0.603. The van der Waals surface area contributed by atoms with Gasteiger partial charge in [-0.15, -0.1) is 6.42 Å². The van der Waals surface area contributed by atoms with E-state index in [9.17, 15) is 9.59 Å². The molecule has 0 aliphatic rings. The molecule has 6 nitrogen and oxygen atoms in total. The Balaban J connectivity index is 2.75. The topological polar surface area (TPSA) is 61.8 Å². The van der Waals surface area contributed by atoms with Crippen LogP contribution in [0.25, 0.3) is 11.2 Å². The SMILES string of the molecule is C#CCn1c(=O)c2c(nc(CCCCC)n2C#C)n(C)c1=O. The Labute approximate surface area is 128 Å². The van der Waals surface area contributed by atoms with Gasteiger partial charge in [-0.3, -0.25) is 9.36 Å². The molecule has 0 aromatic carbocycles. The van der Waals surface area contributed by atoms with Crippen LogP contribution in [0.1, 0.15) is 32.0 Å².